The number of rotatable bonds is 5. The molecule has 0 saturated carbocycles. The average molecular weight is 412 g/mol. The molecule has 0 spiro atoms. The van der Waals surface area contributed by atoms with Gasteiger partial charge in [0.2, 0.25) is 12.2 Å². The van der Waals surface area contributed by atoms with Gasteiger partial charge in [-0.15, -0.1) is 0 Å². The van der Waals surface area contributed by atoms with Crippen LogP contribution >= 0.6 is 23.4 Å². The third-order valence-electron chi connectivity index (χ3n) is 3.88. The van der Waals surface area contributed by atoms with Crippen molar-refractivity contribution in [3.63, 3.8) is 0 Å². The van der Waals surface area contributed by atoms with Gasteiger partial charge in [-0.25, -0.2) is 0 Å². The molecule has 0 bridgehead atoms. The molecule has 0 atom stereocenters. The fraction of sp³-hybridized carbons (Fsp3) is 0.0526. The van der Waals surface area contributed by atoms with Gasteiger partial charge in [0.15, 0.2) is 0 Å². The second-order valence-electron chi connectivity index (χ2n) is 5.81. The number of aromatic nitrogens is 4. The predicted octanol–water partition coefficient (Wildman–Crippen LogP) is 4.53. The zero-order valence-corrected chi connectivity index (χ0v) is 16.2. The minimum absolute atomic E-state index is 0.248. The van der Waals surface area contributed by atoms with Crippen molar-refractivity contribution in [1.29, 1.82) is 0 Å². The maximum absolute atomic E-state index is 12.3. The van der Waals surface area contributed by atoms with Crippen molar-refractivity contribution in [2.75, 3.05) is 5.32 Å². The SMILES string of the molecule is Cn1nc(-c2ncon2)cc1Sc1ccc(NC(=O)c2ccccc2Cl)cc1. The number of hydrogen-bond donors (Lipinski definition) is 1. The van der Waals surface area contributed by atoms with E-state index in [0.29, 0.717) is 27.8 Å². The van der Waals surface area contributed by atoms with Crippen molar-refractivity contribution >= 4 is 35.0 Å². The van der Waals surface area contributed by atoms with Crippen LogP contribution in [0.4, 0.5) is 5.69 Å². The van der Waals surface area contributed by atoms with E-state index in [1.165, 1.54) is 18.2 Å². The quantitative estimate of drug-likeness (QED) is 0.519. The number of nitrogens with zero attached hydrogens (tertiary/aromatic N) is 4. The lowest BCUT2D eigenvalue weighted by Gasteiger charge is -2.08. The van der Waals surface area contributed by atoms with Crippen molar-refractivity contribution in [2.45, 2.75) is 9.92 Å². The van der Waals surface area contributed by atoms with Gasteiger partial charge < -0.3 is 9.84 Å². The van der Waals surface area contributed by atoms with Crippen LogP contribution in [0.2, 0.25) is 5.02 Å². The maximum atomic E-state index is 12.3. The normalized spacial score (nSPS) is 10.8. The van der Waals surface area contributed by atoms with Crippen LogP contribution in [0.3, 0.4) is 0 Å². The number of anilines is 1. The number of benzene rings is 2. The Labute approximate surface area is 169 Å². The van der Waals surface area contributed by atoms with Gasteiger partial charge in [0.25, 0.3) is 5.91 Å². The molecule has 4 aromatic rings. The van der Waals surface area contributed by atoms with Gasteiger partial charge in [0.05, 0.1) is 15.6 Å². The number of hydrogen-bond acceptors (Lipinski definition) is 6. The Morgan fingerprint density at radius 1 is 1.18 bits per heavy atom. The van der Waals surface area contributed by atoms with Gasteiger partial charge in [-0.1, -0.05) is 40.7 Å². The summed E-state index contributed by atoms with van der Waals surface area (Å²) in [6.45, 7) is 0. The molecule has 140 valence electrons. The van der Waals surface area contributed by atoms with E-state index in [-0.39, 0.29) is 5.91 Å². The summed E-state index contributed by atoms with van der Waals surface area (Å²) < 4.78 is 6.51. The first-order valence-electron chi connectivity index (χ1n) is 8.25. The molecule has 2 aromatic heterocycles. The van der Waals surface area contributed by atoms with E-state index in [4.69, 9.17) is 16.1 Å². The smallest absolute Gasteiger partial charge is 0.257 e. The summed E-state index contributed by atoms with van der Waals surface area (Å²) >= 11 is 7.61. The first-order valence-corrected chi connectivity index (χ1v) is 9.44. The minimum Gasteiger partial charge on any atom is -0.342 e. The topological polar surface area (TPSA) is 85.8 Å². The van der Waals surface area contributed by atoms with Crippen molar-refractivity contribution in [3.8, 4) is 11.5 Å². The van der Waals surface area contributed by atoms with Crippen molar-refractivity contribution in [2.24, 2.45) is 7.05 Å². The standard InChI is InChI=1S/C19H14ClN5O2S/c1-25-17(10-16(23-25)18-21-11-27-24-18)28-13-8-6-12(7-9-13)22-19(26)14-4-2-3-5-15(14)20/h2-11H,1H3,(H,22,26). The first-order chi connectivity index (χ1) is 13.6. The maximum Gasteiger partial charge on any atom is 0.257 e. The summed E-state index contributed by atoms with van der Waals surface area (Å²) in [5.41, 5.74) is 1.76. The molecule has 0 radical (unpaired) electrons. The molecule has 28 heavy (non-hydrogen) atoms. The molecule has 0 saturated heterocycles. The van der Waals surface area contributed by atoms with E-state index < -0.39 is 0 Å². The zero-order chi connectivity index (χ0) is 19.5. The summed E-state index contributed by atoms with van der Waals surface area (Å²) in [6, 6.07) is 16.4. The second-order valence-corrected chi connectivity index (χ2v) is 7.31. The Morgan fingerprint density at radius 3 is 2.68 bits per heavy atom. The Hall–Kier alpha value is -3.10. The molecule has 1 amide bonds. The van der Waals surface area contributed by atoms with Gasteiger partial charge in [0.1, 0.15) is 5.69 Å². The molecule has 0 aliphatic rings. The zero-order valence-electron chi connectivity index (χ0n) is 14.7. The third kappa shape index (κ3) is 3.92. The number of nitrogens with one attached hydrogen (secondary N) is 1. The molecule has 1 N–H and O–H groups in total. The van der Waals surface area contributed by atoms with Gasteiger partial charge in [-0.05, 0) is 36.4 Å². The highest BCUT2D eigenvalue weighted by atomic mass is 35.5. The predicted molar refractivity (Wildman–Crippen MR) is 106 cm³/mol. The van der Waals surface area contributed by atoms with E-state index in [2.05, 4.69) is 20.6 Å². The molecule has 0 aliphatic carbocycles. The number of amides is 1. The van der Waals surface area contributed by atoms with Crippen LogP contribution in [0.25, 0.3) is 11.5 Å². The Kier molecular flexibility index (Phi) is 5.14. The molecular weight excluding hydrogens is 398 g/mol. The van der Waals surface area contributed by atoms with Crippen LogP contribution in [0.1, 0.15) is 10.4 Å². The summed E-state index contributed by atoms with van der Waals surface area (Å²) in [5, 5.41) is 12.4. The third-order valence-corrected chi connectivity index (χ3v) is 5.31. The number of halogens is 1. The summed E-state index contributed by atoms with van der Waals surface area (Å²) in [5.74, 6) is 0.197. The number of carbonyl (C=O) groups is 1. The summed E-state index contributed by atoms with van der Waals surface area (Å²) in [7, 11) is 1.85. The molecule has 2 aromatic carbocycles. The van der Waals surface area contributed by atoms with E-state index in [0.717, 1.165) is 9.92 Å². The average Bonchev–Trinajstić information content (AvgIpc) is 3.34. The van der Waals surface area contributed by atoms with Crippen molar-refractivity contribution < 1.29 is 9.32 Å². The van der Waals surface area contributed by atoms with Gasteiger partial charge in [0, 0.05) is 23.7 Å². The van der Waals surface area contributed by atoms with E-state index in [1.54, 1.807) is 28.9 Å². The van der Waals surface area contributed by atoms with Crippen LogP contribution < -0.4 is 5.32 Å². The largest absolute Gasteiger partial charge is 0.342 e. The van der Waals surface area contributed by atoms with Crippen LogP contribution in [0.15, 0.2) is 75.4 Å². The lowest BCUT2D eigenvalue weighted by molar-refractivity contribution is 0.102. The fourth-order valence-electron chi connectivity index (χ4n) is 2.51. The molecule has 7 nitrogen and oxygen atoms in total. The van der Waals surface area contributed by atoms with Crippen LogP contribution in [-0.2, 0) is 7.05 Å². The number of carbonyl (C=O) groups excluding carboxylic acids is 1. The van der Waals surface area contributed by atoms with Crippen LogP contribution in [0.5, 0.6) is 0 Å². The highest BCUT2D eigenvalue weighted by molar-refractivity contribution is 7.99. The van der Waals surface area contributed by atoms with E-state index >= 15 is 0 Å². The summed E-state index contributed by atoms with van der Waals surface area (Å²) in [4.78, 5) is 17.3. The van der Waals surface area contributed by atoms with E-state index in [1.807, 2.05) is 37.4 Å². The van der Waals surface area contributed by atoms with Crippen LogP contribution in [-0.4, -0.2) is 25.8 Å². The van der Waals surface area contributed by atoms with Gasteiger partial charge in [-0.2, -0.15) is 10.1 Å². The minimum atomic E-state index is -0.248. The molecule has 0 aliphatic heterocycles. The molecule has 0 unspecified atom stereocenters. The van der Waals surface area contributed by atoms with Crippen molar-refractivity contribution in [1.82, 2.24) is 19.9 Å². The number of aryl methyl sites for hydroxylation is 1. The Morgan fingerprint density at radius 2 is 1.96 bits per heavy atom. The Balaban J connectivity index is 1.45. The van der Waals surface area contributed by atoms with Crippen LogP contribution in [0, 0.1) is 0 Å². The Bertz CT molecular complexity index is 1110. The molecule has 9 heteroatoms. The lowest BCUT2D eigenvalue weighted by Crippen LogP contribution is -2.12. The highest BCUT2D eigenvalue weighted by Crippen LogP contribution is 2.30. The highest BCUT2D eigenvalue weighted by Gasteiger charge is 2.13. The molecule has 0 fully saturated rings. The second kappa shape index (κ2) is 7.87. The van der Waals surface area contributed by atoms with Gasteiger partial charge in [-0.3, -0.25) is 9.48 Å². The fourth-order valence-corrected chi connectivity index (χ4v) is 3.59. The molecule has 2 heterocycles. The summed E-state index contributed by atoms with van der Waals surface area (Å²) in [6.07, 6.45) is 1.27. The molecular formula is C19H14ClN5O2S. The van der Waals surface area contributed by atoms with Crippen molar-refractivity contribution in [3.05, 3.63) is 71.6 Å². The first kappa shape index (κ1) is 18.3. The van der Waals surface area contributed by atoms with E-state index in [9.17, 15) is 4.79 Å². The monoisotopic (exact) mass is 411 g/mol. The van der Waals surface area contributed by atoms with Gasteiger partial charge >= 0.3 is 0 Å². The molecule has 4 rings (SSSR count). The lowest BCUT2D eigenvalue weighted by atomic mass is 10.2.